The summed E-state index contributed by atoms with van der Waals surface area (Å²) in [5.41, 5.74) is 0.0000122. The summed E-state index contributed by atoms with van der Waals surface area (Å²) in [5, 5.41) is 3.29. The second-order valence-electron chi connectivity index (χ2n) is 6.37. The summed E-state index contributed by atoms with van der Waals surface area (Å²) in [6.45, 7) is 11.9. The minimum Gasteiger partial charge on any atom is -0.337 e. The Kier molecular flexibility index (Phi) is 5.60. The first-order chi connectivity index (χ1) is 8.33. The van der Waals surface area contributed by atoms with E-state index in [0.29, 0.717) is 12.6 Å². The van der Waals surface area contributed by atoms with Gasteiger partial charge in [-0.05, 0) is 47.2 Å². The topological polar surface area (TPSA) is 35.6 Å². The molecule has 1 unspecified atom stereocenters. The van der Waals surface area contributed by atoms with Crippen molar-refractivity contribution in [3.05, 3.63) is 0 Å². The van der Waals surface area contributed by atoms with E-state index in [1.807, 2.05) is 0 Å². The van der Waals surface area contributed by atoms with E-state index < -0.39 is 0 Å². The second kappa shape index (κ2) is 6.53. The third-order valence-electron chi connectivity index (χ3n) is 3.46. The Hall–Kier alpha value is -0.610. The number of rotatable bonds is 3. The molecule has 1 N–H and O–H groups in total. The summed E-state index contributed by atoms with van der Waals surface area (Å²) < 4.78 is 0. The Balaban J connectivity index is 2.58. The Bertz CT molecular complexity index is 273. The van der Waals surface area contributed by atoms with Gasteiger partial charge in [-0.3, -0.25) is 4.79 Å². The van der Waals surface area contributed by atoms with Crippen LogP contribution in [0, 0.1) is 0 Å². The fourth-order valence-electron chi connectivity index (χ4n) is 2.36. The summed E-state index contributed by atoms with van der Waals surface area (Å²) in [5.74, 6) is 0.243. The molecule has 4 nitrogen and oxygen atoms in total. The molecule has 1 aliphatic heterocycles. The van der Waals surface area contributed by atoms with Crippen LogP contribution in [0.4, 0.5) is 0 Å². The molecule has 1 rings (SSSR count). The maximum absolute atomic E-state index is 12.3. The van der Waals surface area contributed by atoms with Crippen molar-refractivity contribution in [1.29, 1.82) is 0 Å². The Morgan fingerprint density at radius 1 is 1.33 bits per heavy atom. The third kappa shape index (κ3) is 4.94. The van der Waals surface area contributed by atoms with E-state index >= 15 is 0 Å². The largest absolute Gasteiger partial charge is 0.337 e. The molecule has 0 aromatic rings. The summed E-state index contributed by atoms with van der Waals surface area (Å²) >= 11 is 0. The summed E-state index contributed by atoms with van der Waals surface area (Å²) in [6.07, 6.45) is 2.11. The number of hydrogen-bond acceptors (Lipinski definition) is 3. The number of carbonyl (C=O) groups excluding carboxylic acids is 1. The highest BCUT2D eigenvalue weighted by atomic mass is 16.2. The van der Waals surface area contributed by atoms with Gasteiger partial charge in [-0.2, -0.15) is 0 Å². The monoisotopic (exact) mass is 255 g/mol. The zero-order valence-corrected chi connectivity index (χ0v) is 12.6. The maximum atomic E-state index is 12.3. The van der Waals surface area contributed by atoms with Gasteiger partial charge >= 0.3 is 0 Å². The normalized spacial score (nSPS) is 22.9. The predicted molar refractivity (Wildman–Crippen MR) is 75.7 cm³/mol. The molecule has 0 radical (unpaired) electrons. The van der Waals surface area contributed by atoms with Crippen LogP contribution < -0.4 is 5.32 Å². The van der Waals surface area contributed by atoms with E-state index in [9.17, 15) is 4.79 Å². The third-order valence-corrected chi connectivity index (χ3v) is 3.46. The second-order valence-corrected chi connectivity index (χ2v) is 6.37. The van der Waals surface area contributed by atoms with E-state index in [1.165, 1.54) is 0 Å². The summed E-state index contributed by atoms with van der Waals surface area (Å²) in [4.78, 5) is 16.7. The molecule has 0 spiro atoms. The Labute approximate surface area is 112 Å². The number of likely N-dealkylation sites (N-methyl/N-ethyl adjacent to an activating group) is 1. The summed E-state index contributed by atoms with van der Waals surface area (Å²) in [6, 6.07) is 0.367. The van der Waals surface area contributed by atoms with Gasteiger partial charge in [0.25, 0.3) is 0 Å². The predicted octanol–water partition coefficient (Wildman–Crippen LogP) is 1.32. The molecule has 1 amide bonds. The van der Waals surface area contributed by atoms with Crippen LogP contribution in [-0.4, -0.2) is 60.5 Å². The minimum atomic E-state index is 0.0000122. The fraction of sp³-hybridized carbons (Fsp3) is 0.929. The maximum Gasteiger partial charge on any atom is 0.236 e. The van der Waals surface area contributed by atoms with Gasteiger partial charge < -0.3 is 15.1 Å². The van der Waals surface area contributed by atoms with Crippen LogP contribution in [0.1, 0.15) is 40.5 Å². The average molecular weight is 255 g/mol. The molecule has 0 aromatic carbocycles. The molecule has 0 bridgehead atoms. The van der Waals surface area contributed by atoms with Gasteiger partial charge in [-0.25, -0.2) is 0 Å². The molecule has 18 heavy (non-hydrogen) atoms. The van der Waals surface area contributed by atoms with Crippen molar-refractivity contribution in [2.75, 3.05) is 33.2 Å². The van der Waals surface area contributed by atoms with Crippen molar-refractivity contribution in [3.8, 4) is 0 Å². The van der Waals surface area contributed by atoms with Gasteiger partial charge in [0, 0.05) is 24.7 Å². The Morgan fingerprint density at radius 3 is 2.56 bits per heavy atom. The van der Waals surface area contributed by atoms with E-state index in [-0.39, 0.29) is 11.4 Å². The van der Waals surface area contributed by atoms with Gasteiger partial charge in [0.1, 0.15) is 0 Å². The molecule has 1 saturated heterocycles. The number of hydrogen-bond donors (Lipinski definition) is 1. The van der Waals surface area contributed by atoms with Crippen molar-refractivity contribution in [2.45, 2.75) is 52.1 Å². The summed E-state index contributed by atoms with van der Waals surface area (Å²) in [7, 11) is 2.14. The highest BCUT2D eigenvalue weighted by molar-refractivity contribution is 5.78. The van der Waals surface area contributed by atoms with Crippen LogP contribution in [0.2, 0.25) is 0 Å². The zero-order valence-electron chi connectivity index (χ0n) is 12.6. The van der Waals surface area contributed by atoms with E-state index in [1.54, 1.807) is 0 Å². The molecule has 0 saturated carbocycles. The highest BCUT2D eigenvalue weighted by Gasteiger charge is 2.26. The van der Waals surface area contributed by atoms with Crippen molar-refractivity contribution in [3.63, 3.8) is 0 Å². The van der Waals surface area contributed by atoms with E-state index in [0.717, 1.165) is 32.5 Å². The molecular weight excluding hydrogens is 226 g/mol. The molecular formula is C14H29N3O. The van der Waals surface area contributed by atoms with E-state index in [2.05, 4.69) is 49.9 Å². The lowest BCUT2D eigenvalue weighted by atomic mass is 10.1. The van der Waals surface area contributed by atoms with Gasteiger partial charge in [-0.1, -0.05) is 6.92 Å². The fourth-order valence-corrected chi connectivity index (χ4v) is 2.36. The van der Waals surface area contributed by atoms with Gasteiger partial charge in [0.05, 0.1) is 6.54 Å². The first-order valence-corrected chi connectivity index (χ1v) is 7.06. The lowest BCUT2D eigenvalue weighted by Gasteiger charge is -2.31. The smallest absolute Gasteiger partial charge is 0.236 e. The molecule has 4 heteroatoms. The minimum absolute atomic E-state index is 0.0000122. The number of nitrogens with one attached hydrogen (secondary N) is 1. The van der Waals surface area contributed by atoms with Crippen molar-refractivity contribution < 1.29 is 4.79 Å². The van der Waals surface area contributed by atoms with E-state index in [4.69, 9.17) is 0 Å². The molecule has 1 heterocycles. The lowest BCUT2D eigenvalue weighted by Crippen LogP contribution is -2.49. The van der Waals surface area contributed by atoms with Crippen LogP contribution in [0.15, 0.2) is 0 Å². The molecule has 0 aromatic heterocycles. The van der Waals surface area contributed by atoms with Gasteiger partial charge in [0.15, 0.2) is 0 Å². The first kappa shape index (κ1) is 15.4. The average Bonchev–Trinajstić information content (AvgIpc) is 2.46. The van der Waals surface area contributed by atoms with Gasteiger partial charge in [-0.15, -0.1) is 0 Å². The number of amides is 1. The molecule has 0 aliphatic carbocycles. The van der Waals surface area contributed by atoms with Gasteiger partial charge in [0.2, 0.25) is 5.91 Å². The molecule has 1 fully saturated rings. The Morgan fingerprint density at radius 2 is 2.00 bits per heavy atom. The van der Waals surface area contributed by atoms with Crippen LogP contribution >= 0.6 is 0 Å². The standard InChI is InChI=1S/C14H29N3O/c1-6-12-11-16(5)8-7-9-17(12)13(18)10-15-14(2,3)4/h12,15H,6-11H2,1-5H3. The SMILES string of the molecule is CCC1CN(C)CCCN1C(=O)CNC(C)(C)C. The van der Waals surface area contributed by atoms with Crippen molar-refractivity contribution >= 4 is 5.91 Å². The molecule has 106 valence electrons. The zero-order chi connectivity index (χ0) is 13.8. The first-order valence-electron chi connectivity index (χ1n) is 7.06. The lowest BCUT2D eigenvalue weighted by molar-refractivity contribution is -0.132. The quantitative estimate of drug-likeness (QED) is 0.826. The highest BCUT2D eigenvalue weighted by Crippen LogP contribution is 2.12. The van der Waals surface area contributed by atoms with Crippen LogP contribution in [0.25, 0.3) is 0 Å². The number of carbonyl (C=O) groups is 1. The molecule has 1 atom stereocenters. The van der Waals surface area contributed by atoms with Crippen LogP contribution in [-0.2, 0) is 4.79 Å². The van der Waals surface area contributed by atoms with Crippen LogP contribution in [0.5, 0.6) is 0 Å². The number of nitrogens with zero attached hydrogens (tertiary/aromatic N) is 2. The van der Waals surface area contributed by atoms with Crippen LogP contribution in [0.3, 0.4) is 0 Å². The van der Waals surface area contributed by atoms with Crippen molar-refractivity contribution in [1.82, 2.24) is 15.1 Å². The molecule has 1 aliphatic rings. The van der Waals surface area contributed by atoms with Crippen molar-refractivity contribution in [2.24, 2.45) is 0 Å².